The summed E-state index contributed by atoms with van der Waals surface area (Å²) in [6, 6.07) is 10.6. The smallest absolute Gasteiger partial charge is 0.229 e. The van der Waals surface area contributed by atoms with E-state index in [0.29, 0.717) is 30.4 Å². The zero-order valence-electron chi connectivity index (χ0n) is 16.5. The van der Waals surface area contributed by atoms with Gasteiger partial charge in [0.05, 0.1) is 30.6 Å². The standard InChI is InChI=1S/C22H20BrFN4O2/c1-13-19(11-25-14(2)27-13)30-12-22(15-4-3-5-16(23)8-15)9-18(22)21(29)28-20-7-6-17(24)10-26-20/h3-8,10-11,18H,9,12H2,1-2H3,(H,26,28,29). The molecule has 1 saturated carbocycles. The van der Waals surface area contributed by atoms with Crippen molar-refractivity contribution < 1.29 is 13.9 Å². The number of pyridine rings is 1. The lowest BCUT2D eigenvalue weighted by Gasteiger charge is -2.20. The fourth-order valence-electron chi connectivity index (χ4n) is 3.59. The minimum atomic E-state index is -0.481. The number of aromatic nitrogens is 3. The maximum absolute atomic E-state index is 13.1. The number of amides is 1. The minimum Gasteiger partial charge on any atom is -0.489 e. The maximum atomic E-state index is 13.1. The molecule has 1 aliphatic rings. The number of nitrogens with zero attached hydrogens (tertiary/aromatic N) is 3. The topological polar surface area (TPSA) is 77.0 Å². The quantitative estimate of drug-likeness (QED) is 0.578. The van der Waals surface area contributed by atoms with E-state index in [9.17, 15) is 9.18 Å². The number of anilines is 1. The highest BCUT2D eigenvalue weighted by Crippen LogP contribution is 2.55. The summed E-state index contributed by atoms with van der Waals surface area (Å²) in [5.74, 6) is 0.672. The van der Waals surface area contributed by atoms with Crippen LogP contribution in [0, 0.1) is 25.6 Å². The summed E-state index contributed by atoms with van der Waals surface area (Å²) in [6.07, 6.45) is 3.36. The van der Waals surface area contributed by atoms with Crippen LogP contribution in [0.2, 0.25) is 0 Å². The molecule has 1 N–H and O–H groups in total. The van der Waals surface area contributed by atoms with Gasteiger partial charge in [-0.25, -0.2) is 19.3 Å². The van der Waals surface area contributed by atoms with Crippen molar-refractivity contribution in [1.29, 1.82) is 0 Å². The summed E-state index contributed by atoms with van der Waals surface area (Å²) < 4.78 is 20.1. The van der Waals surface area contributed by atoms with Crippen LogP contribution >= 0.6 is 15.9 Å². The van der Waals surface area contributed by atoms with Crippen molar-refractivity contribution in [1.82, 2.24) is 15.0 Å². The summed E-state index contributed by atoms with van der Waals surface area (Å²) in [7, 11) is 0. The lowest BCUT2D eigenvalue weighted by molar-refractivity contribution is -0.117. The highest BCUT2D eigenvalue weighted by molar-refractivity contribution is 9.10. The molecule has 0 radical (unpaired) electrons. The van der Waals surface area contributed by atoms with Crippen molar-refractivity contribution in [3.8, 4) is 5.75 Å². The highest BCUT2D eigenvalue weighted by Gasteiger charge is 2.60. The van der Waals surface area contributed by atoms with Gasteiger partial charge in [-0.3, -0.25) is 4.79 Å². The van der Waals surface area contributed by atoms with Gasteiger partial charge in [-0.15, -0.1) is 0 Å². The van der Waals surface area contributed by atoms with Crippen LogP contribution in [0.1, 0.15) is 23.5 Å². The second-order valence-corrected chi connectivity index (χ2v) is 8.35. The van der Waals surface area contributed by atoms with Crippen LogP contribution < -0.4 is 10.1 Å². The normalized spacial score (nSPS) is 19.9. The number of carbonyl (C=O) groups is 1. The van der Waals surface area contributed by atoms with Crippen LogP contribution in [-0.4, -0.2) is 27.5 Å². The number of hydrogen-bond donors (Lipinski definition) is 1. The molecule has 2 unspecified atom stereocenters. The van der Waals surface area contributed by atoms with Crippen molar-refractivity contribution in [3.63, 3.8) is 0 Å². The molecule has 2 aromatic heterocycles. The molecule has 0 bridgehead atoms. The van der Waals surface area contributed by atoms with Crippen LogP contribution in [0.15, 0.2) is 53.3 Å². The summed E-state index contributed by atoms with van der Waals surface area (Å²) in [5, 5.41) is 2.78. The maximum Gasteiger partial charge on any atom is 0.229 e. The summed E-state index contributed by atoms with van der Waals surface area (Å²) in [4.78, 5) is 25.4. The number of rotatable bonds is 6. The van der Waals surface area contributed by atoms with Crippen LogP contribution in [0.4, 0.5) is 10.2 Å². The van der Waals surface area contributed by atoms with E-state index < -0.39 is 11.2 Å². The molecular formula is C22H20BrFN4O2. The Morgan fingerprint density at radius 3 is 2.80 bits per heavy atom. The van der Waals surface area contributed by atoms with Crippen LogP contribution in [0.25, 0.3) is 0 Å². The van der Waals surface area contributed by atoms with Gasteiger partial charge in [0.25, 0.3) is 0 Å². The summed E-state index contributed by atoms with van der Waals surface area (Å²) in [6.45, 7) is 4.00. The second-order valence-electron chi connectivity index (χ2n) is 7.43. The van der Waals surface area contributed by atoms with Gasteiger partial charge in [0.2, 0.25) is 5.91 Å². The van der Waals surface area contributed by atoms with E-state index in [4.69, 9.17) is 4.74 Å². The zero-order chi connectivity index (χ0) is 21.3. The molecule has 8 heteroatoms. The van der Waals surface area contributed by atoms with Crippen molar-refractivity contribution in [2.24, 2.45) is 5.92 Å². The summed E-state index contributed by atoms with van der Waals surface area (Å²) in [5.41, 5.74) is 1.28. The van der Waals surface area contributed by atoms with E-state index >= 15 is 0 Å². The Morgan fingerprint density at radius 2 is 2.10 bits per heavy atom. The lowest BCUT2D eigenvalue weighted by atomic mass is 9.93. The number of aryl methyl sites for hydroxylation is 2. The van der Waals surface area contributed by atoms with Gasteiger partial charge in [-0.1, -0.05) is 28.1 Å². The van der Waals surface area contributed by atoms with Crippen LogP contribution in [0.3, 0.4) is 0 Å². The number of carbonyl (C=O) groups excluding carboxylic acids is 1. The molecule has 0 saturated heterocycles. The first kappa shape index (κ1) is 20.4. The first-order valence-corrected chi connectivity index (χ1v) is 10.3. The van der Waals surface area contributed by atoms with Gasteiger partial charge in [0.15, 0.2) is 5.75 Å². The number of nitrogens with one attached hydrogen (secondary N) is 1. The van der Waals surface area contributed by atoms with Crippen LogP contribution in [-0.2, 0) is 10.2 Å². The van der Waals surface area contributed by atoms with E-state index in [0.717, 1.165) is 21.9 Å². The predicted octanol–water partition coefficient (Wildman–Crippen LogP) is 4.37. The molecular weight excluding hydrogens is 451 g/mol. The van der Waals surface area contributed by atoms with E-state index in [2.05, 4.69) is 36.2 Å². The van der Waals surface area contributed by atoms with Gasteiger partial charge < -0.3 is 10.1 Å². The Kier molecular flexibility index (Phi) is 5.51. The Bertz CT molecular complexity index is 1090. The number of ether oxygens (including phenoxy) is 1. The van der Waals surface area contributed by atoms with E-state index in [1.165, 1.54) is 12.1 Å². The average molecular weight is 471 g/mol. The second kappa shape index (κ2) is 8.10. The van der Waals surface area contributed by atoms with Gasteiger partial charge in [0, 0.05) is 9.89 Å². The van der Waals surface area contributed by atoms with Gasteiger partial charge in [-0.05, 0) is 50.1 Å². The fourth-order valence-corrected chi connectivity index (χ4v) is 3.99. The predicted molar refractivity (Wildman–Crippen MR) is 114 cm³/mol. The lowest BCUT2D eigenvalue weighted by Crippen LogP contribution is -2.27. The molecule has 2 heterocycles. The Hall–Kier alpha value is -2.87. The molecule has 4 rings (SSSR count). The zero-order valence-corrected chi connectivity index (χ0v) is 18.1. The molecule has 3 aromatic rings. The largest absolute Gasteiger partial charge is 0.489 e. The van der Waals surface area contributed by atoms with E-state index in [-0.39, 0.29) is 11.8 Å². The third-order valence-corrected chi connectivity index (χ3v) is 5.80. The number of hydrogen-bond acceptors (Lipinski definition) is 5. The third kappa shape index (κ3) is 4.18. The number of halogens is 2. The van der Waals surface area contributed by atoms with E-state index in [1.54, 1.807) is 6.20 Å². The molecule has 1 fully saturated rings. The molecule has 30 heavy (non-hydrogen) atoms. The Balaban J connectivity index is 1.56. The molecule has 1 amide bonds. The minimum absolute atomic E-state index is 0.172. The SMILES string of the molecule is Cc1ncc(OCC2(c3cccc(Br)c3)CC2C(=O)Nc2ccc(F)cn2)c(C)n1. The Labute approximate surface area is 182 Å². The summed E-state index contributed by atoms with van der Waals surface area (Å²) >= 11 is 3.51. The first-order chi connectivity index (χ1) is 14.4. The first-order valence-electron chi connectivity index (χ1n) is 9.49. The molecule has 1 aliphatic carbocycles. The molecule has 0 aliphatic heterocycles. The van der Waals surface area contributed by atoms with Gasteiger partial charge in [-0.2, -0.15) is 0 Å². The molecule has 1 aromatic carbocycles. The molecule has 6 nitrogen and oxygen atoms in total. The van der Waals surface area contributed by atoms with Crippen molar-refractivity contribution >= 4 is 27.7 Å². The monoisotopic (exact) mass is 470 g/mol. The molecule has 0 spiro atoms. The fraction of sp³-hybridized carbons (Fsp3) is 0.273. The highest BCUT2D eigenvalue weighted by atomic mass is 79.9. The van der Waals surface area contributed by atoms with Crippen molar-refractivity contribution in [2.75, 3.05) is 11.9 Å². The van der Waals surface area contributed by atoms with Crippen molar-refractivity contribution in [3.05, 3.63) is 76.2 Å². The Morgan fingerprint density at radius 1 is 1.27 bits per heavy atom. The van der Waals surface area contributed by atoms with E-state index in [1.807, 2.05) is 38.1 Å². The van der Waals surface area contributed by atoms with Gasteiger partial charge >= 0.3 is 0 Å². The third-order valence-electron chi connectivity index (χ3n) is 5.31. The van der Waals surface area contributed by atoms with Gasteiger partial charge in [0.1, 0.15) is 17.5 Å². The van der Waals surface area contributed by atoms with Crippen molar-refractivity contribution in [2.45, 2.75) is 25.7 Å². The number of benzene rings is 1. The van der Waals surface area contributed by atoms with Crippen LogP contribution in [0.5, 0.6) is 5.75 Å². The average Bonchev–Trinajstić information content (AvgIpc) is 3.45. The molecule has 2 atom stereocenters. The molecule has 154 valence electrons.